The largest absolute Gasteiger partial charge is 0.426 e. The first-order chi connectivity index (χ1) is 17.7. The monoisotopic (exact) mass is 648 g/mol. The molecule has 4 aliphatic rings. The van der Waals surface area contributed by atoms with Crippen molar-refractivity contribution in [3.8, 4) is 5.75 Å². The number of rotatable bonds is 4. The van der Waals surface area contributed by atoms with Crippen molar-refractivity contribution in [1.82, 2.24) is 0 Å². The number of aryl methyl sites for hydroxylation is 1. The first-order valence-electron chi connectivity index (χ1n) is 12.2. The number of alkyl halides is 2. The zero-order valence-electron chi connectivity index (χ0n) is 19.8. The average Bonchev–Trinajstić information content (AvgIpc) is 3.58. The zero-order chi connectivity index (χ0) is 26.2. The van der Waals surface area contributed by atoms with E-state index in [2.05, 4.69) is 31.9 Å². The Kier molecular flexibility index (Phi) is 6.24. The Hall–Kier alpha value is -2.23. The Bertz CT molecular complexity index is 1300. The summed E-state index contributed by atoms with van der Waals surface area (Å²) in [5.41, 5.74) is 1.86. The highest BCUT2D eigenvalue weighted by Gasteiger charge is 2.66. The van der Waals surface area contributed by atoms with Gasteiger partial charge in [0, 0.05) is 33.3 Å². The molecule has 3 amide bonds. The molecule has 37 heavy (non-hydrogen) atoms. The lowest BCUT2D eigenvalue weighted by Crippen LogP contribution is -2.37. The van der Waals surface area contributed by atoms with E-state index < -0.39 is 11.9 Å². The molecule has 0 unspecified atom stereocenters. The summed E-state index contributed by atoms with van der Waals surface area (Å²) in [7, 11) is 0. The summed E-state index contributed by atoms with van der Waals surface area (Å²) >= 11 is 13.4. The number of carbonyl (C=O) groups is 4. The van der Waals surface area contributed by atoms with Gasteiger partial charge in [0.05, 0.1) is 23.4 Å². The van der Waals surface area contributed by atoms with Crippen molar-refractivity contribution < 1.29 is 23.9 Å². The van der Waals surface area contributed by atoms with Crippen LogP contribution < -0.4 is 14.5 Å². The van der Waals surface area contributed by atoms with E-state index in [0.717, 1.165) is 6.42 Å². The standard InChI is InChI=1S/C27H23Br2ClN2O5/c1-12-8-16(37-27(36)13-9-20(33)31(11-13)15-4-2-14(30)3-5-15)6-7-19(12)32-25(34)21-17-10-18(22(21)26(32)35)24(29)23(17)28/h2-8,13,17-18,21-24H,9-11H2,1H3/t13-,17-,18-,21-,22-,23+,24+/m1/s1. The lowest BCUT2D eigenvalue weighted by atomic mass is 9.81. The normalized spacial score (nSPS) is 32.4. The van der Waals surface area contributed by atoms with Crippen LogP contribution in [0.15, 0.2) is 42.5 Å². The fraction of sp³-hybridized carbons (Fsp3) is 0.407. The molecule has 2 aromatic rings. The maximum Gasteiger partial charge on any atom is 0.316 e. The SMILES string of the molecule is Cc1cc(OC(=O)[C@@H]2CC(=O)N(c3ccc(Cl)cc3)C2)ccc1N1C(=O)[C@@H]2[C@H]3C[C@@H]([C@H](Br)[C@H]3Br)[C@H]2C1=O. The predicted octanol–water partition coefficient (Wildman–Crippen LogP) is 4.89. The number of benzene rings is 2. The summed E-state index contributed by atoms with van der Waals surface area (Å²) in [5, 5.41) is 0.567. The fourth-order valence-electron chi connectivity index (χ4n) is 6.46. The molecule has 0 spiro atoms. The molecule has 0 radical (unpaired) electrons. The molecule has 2 saturated heterocycles. The number of imide groups is 1. The number of ether oxygens (including phenoxy) is 1. The maximum atomic E-state index is 13.4. The number of nitrogens with zero attached hydrogens (tertiary/aromatic N) is 2. The number of halogens is 3. The number of esters is 1. The molecule has 2 aromatic carbocycles. The minimum atomic E-state index is -0.603. The third-order valence-electron chi connectivity index (χ3n) is 8.21. The molecule has 2 aliphatic heterocycles. The molecule has 6 rings (SSSR count). The van der Waals surface area contributed by atoms with Crippen molar-refractivity contribution in [3.05, 3.63) is 53.1 Å². The number of hydrogen-bond donors (Lipinski definition) is 0. The first-order valence-corrected chi connectivity index (χ1v) is 14.4. The van der Waals surface area contributed by atoms with Crippen LogP contribution in [0, 0.1) is 36.5 Å². The van der Waals surface area contributed by atoms with E-state index in [1.54, 1.807) is 54.3 Å². The smallest absolute Gasteiger partial charge is 0.316 e. The number of fused-ring (bicyclic) bond motifs is 5. The van der Waals surface area contributed by atoms with Crippen LogP contribution in [0.25, 0.3) is 0 Å². The van der Waals surface area contributed by atoms with Gasteiger partial charge in [-0.3, -0.25) is 19.2 Å². The number of carbonyl (C=O) groups excluding carboxylic acids is 4. The van der Waals surface area contributed by atoms with Gasteiger partial charge in [0.15, 0.2) is 0 Å². The van der Waals surface area contributed by atoms with Crippen LogP contribution in [0.4, 0.5) is 11.4 Å². The van der Waals surface area contributed by atoms with Crippen molar-refractivity contribution >= 4 is 78.5 Å². The van der Waals surface area contributed by atoms with Crippen LogP contribution in [0.3, 0.4) is 0 Å². The van der Waals surface area contributed by atoms with Crippen LogP contribution >= 0.6 is 43.5 Å². The summed E-state index contributed by atoms with van der Waals surface area (Å²) in [6.07, 6.45) is 0.934. The van der Waals surface area contributed by atoms with Crippen LogP contribution in [0.1, 0.15) is 18.4 Å². The minimum Gasteiger partial charge on any atom is -0.426 e. The van der Waals surface area contributed by atoms with Crippen molar-refractivity contribution in [2.45, 2.75) is 29.4 Å². The molecule has 4 fully saturated rings. The van der Waals surface area contributed by atoms with Gasteiger partial charge in [0.25, 0.3) is 0 Å². The van der Waals surface area contributed by atoms with Gasteiger partial charge >= 0.3 is 5.97 Å². The molecule has 2 bridgehead atoms. The van der Waals surface area contributed by atoms with E-state index >= 15 is 0 Å². The quantitative estimate of drug-likeness (QED) is 0.204. The zero-order valence-corrected chi connectivity index (χ0v) is 23.7. The summed E-state index contributed by atoms with van der Waals surface area (Å²) in [4.78, 5) is 55.3. The molecule has 2 saturated carbocycles. The lowest BCUT2D eigenvalue weighted by Gasteiger charge is -2.28. The van der Waals surface area contributed by atoms with Crippen molar-refractivity contribution in [2.75, 3.05) is 16.3 Å². The van der Waals surface area contributed by atoms with Gasteiger partial charge in [-0.15, -0.1) is 0 Å². The summed E-state index contributed by atoms with van der Waals surface area (Å²) in [5.74, 6) is -1.55. The summed E-state index contributed by atoms with van der Waals surface area (Å²) in [6.45, 7) is 2.01. The van der Waals surface area contributed by atoms with Gasteiger partial charge in [-0.05, 0) is 73.2 Å². The molecule has 0 aromatic heterocycles. The molecule has 7 nitrogen and oxygen atoms in total. The van der Waals surface area contributed by atoms with Gasteiger partial charge in [0.1, 0.15) is 5.75 Å². The molecular weight excluding hydrogens is 628 g/mol. The van der Waals surface area contributed by atoms with E-state index in [-0.39, 0.29) is 64.0 Å². The van der Waals surface area contributed by atoms with Crippen LogP contribution in [-0.4, -0.2) is 39.9 Å². The Morgan fingerprint density at radius 1 is 0.973 bits per heavy atom. The van der Waals surface area contributed by atoms with Gasteiger partial charge in [-0.25, -0.2) is 4.90 Å². The molecule has 2 heterocycles. The molecule has 10 heteroatoms. The fourth-order valence-corrected chi connectivity index (χ4v) is 8.46. The highest BCUT2D eigenvalue weighted by molar-refractivity contribution is 9.12. The van der Waals surface area contributed by atoms with Crippen molar-refractivity contribution in [1.29, 1.82) is 0 Å². The Balaban J connectivity index is 1.16. The average molecular weight is 651 g/mol. The Morgan fingerprint density at radius 3 is 2.19 bits per heavy atom. The van der Waals surface area contributed by atoms with Gasteiger partial charge in [-0.2, -0.15) is 0 Å². The van der Waals surface area contributed by atoms with Crippen LogP contribution in [0.5, 0.6) is 5.75 Å². The van der Waals surface area contributed by atoms with Crippen molar-refractivity contribution in [3.63, 3.8) is 0 Å². The molecular formula is C27H23Br2ClN2O5. The second-order valence-electron chi connectivity index (χ2n) is 10.3. The third kappa shape index (κ3) is 3.96. The van der Waals surface area contributed by atoms with Crippen molar-refractivity contribution in [2.24, 2.45) is 29.6 Å². The predicted molar refractivity (Wildman–Crippen MR) is 145 cm³/mol. The van der Waals surface area contributed by atoms with Crippen LogP contribution in [0.2, 0.25) is 5.02 Å². The molecule has 7 atom stereocenters. The van der Waals surface area contributed by atoms with E-state index in [1.807, 2.05) is 0 Å². The number of anilines is 2. The van der Waals surface area contributed by atoms with Gasteiger partial charge in [-0.1, -0.05) is 43.5 Å². The second-order valence-corrected chi connectivity index (χ2v) is 12.8. The first kappa shape index (κ1) is 25.1. The minimum absolute atomic E-state index is 0.0591. The van der Waals surface area contributed by atoms with Gasteiger partial charge in [0.2, 0.25) is 17.7 Å². The van der Waals surface area contributed by atoms with E-state index in [9.17, 15) is 19.2 Å². The van der Waals surface area contributed by atoms with E-state index in [1.165, 1.54) is 4.90 Å². The van der Waals surface area contributed by atoms with E-state index in [0.29, 0.717) is 27.7 Å². The molecule has 0 N–H and O–H groups in total. The molecule has 192 valence electrons. The van der Waals surface area contributed by atoms with Gasteiger partial charge < -0.3 is 9.64 Å². The third-order valence-corrected chi connectivity index (χ3v) is 11.7. The summed E-state index contributed by atoms with van der Waals surface area (Å²) < 4.78 is 5.61. The Labute approximate surface area is 235 Å². The van der Waals surface area contributed by atoms with E-state index in [4.69, 9.17) is 16.3 Å². The number of hydrogen-bond acceptors (Lipinski definition) is 5. The molecule has 2 aliphatic carbocycles. The summed E-state index contributed by atoms with van der Waals surface area (Å²) in [6, 6.07) is 11.8. The lowest BCUT2D eigenvalue weighted by molar-refractivity contribution is -0.139. The highest BCUT2D eigenvalue weighted by atomic mass is 79.9. The second kappa shape index (κ2) is 9.20. The topological polar surface area (TPSA) is 84.0 Å². The Morgan fingerprint density at radius 2 is 1.59 bits per heavy atom. The maximum absolute atomic E-state index is 13.4. The number of amides is 3. The highest BCUT2D eigenvalue weighted by Crippen LogP contribution is 2.60. The van der Waals surface area contributed by atoms with Crippen LogP contribution in [-0.2, 0) is 19.2 Å².